The normalized spacial score (nSPS) is 17.6. The number of alkyl carbamates (subject to hydrolysis) is 1. The molecular weight excluding hydrogens is 555 g/mol. The second kappa shape index (κ2) is 12.6. The van der Waals surface area contributed by atoms with Gasteiger partial charge < -0.3 is 19.7 Å². The Balaban J connectivity index is 1.75. The lowest BCUT2D eigenvalue weighted by atomic mass is 9.92. The summed E-state index contributed by atoms with van der Waals surface area (Å²) in [5, 5.41) is 2.53. The second-order valence-electron chi connectivity index (χ2n) is 10.2. The number of amides is 3. The fourth-order valence-corrected chi connectivity index (χ4v) is 5.15. The van der Waals surface area contributed by atoms with E-state index >= 15 is 0 Å². The van der Waals surface area contributed by atoms with E-state index in [0.717, 1.165) is 0 Å². The summed E-state index contributed by atoms with van der Waals surface area (Å²) in [6.07, 6.45) is -1.59. The topological polar surface area (TPSA) is 131 Å². The minimum Gasteiger partial charge on any atom is -0.445 e. The van der Waals surface area contributed by atoms with Crippen LogP contribution in [0.2, 0.25) is 0 Å². The van der Waals surface area contributed by atoms with Crippen LogP contribution in [0, 0.1) is 23.4 Å². The first kappa shape index (κ1) is 30.7. The van der Waals surface area contributed by atoms with E-state index in [1.807, 2.05) is 0 Å². The van der Waals surface area contributed by atoms with Crippen molar-refractivity contribution in [1.82, 2.24) is 14.9 Å². The van der Waals surface area contributed by atoms with Gasteiger partial charge in [-0.2, -0.15) is 0 Å². The molecule has 2 aromatic rings. The van der Waals surface area contributed by atoms with Crippen molar-refractivity contribution in [2.75, 3.05) is 13.1 Å². The highest BCUT2D eigenvalue weighted by atomic mass is 32.2. The van der Waals surface area contributed by atoms with E-state index in [1.54, 1.807) is 55.8 Å². The number of piperidine rings is 1. The Bertz CT molecular complexity index is 1330. The quantitative estimate of drug-likeness (QED) is 0.508. The van der Waals surface area contributed by atoms with Crippen LogP contribution >= 0.6 is 0 Å². The fourth-order valence-electron chi connectivity index (χ4n) is 3.96. The van der Waals surface area contributed by atoms with E-state index < -0.39 is 74.4 Å². The van der Waals surface area contributed by atoms with Crippen molar-refractivity contribution in [2.45, 2.75) is 51.2 Å². The summed E-state index contributed by atoms with van der Waals surface area (Å²) >= 11 is 0. The van der Waals surface area contributed by atoms with Crippen LogP contribution in [0.3, 0.4) is 0 Å². The van der Waals surface area contributed by atoms with Gasteiger partial charge in [-0.15, -0.1) is 0 Å². The molecule has 2 N–H and O–H groups in total. The third-order valence-electron chi connectivity index (χ3n) is 5.81. The summed E-state index contributed by atoms with van der Waals surface area (Å²) in [5.74, 6) is -7.85. The molecule has 1 fully saturated rings. The molecule has 1 saturated heterocycles. The number of nitrogens with zero attached hydrogens (tertiary/aromatic N) is 1. The average molecular weight is 586 g/mol. The number of carbonyl (C=O) groups is 3. The maximum absolute atomic E-state index is 14.0. The summed E-state index contributed by atoms with van der Waals surface area (Å²) in [7, 11) is -4.69. The number of hydrogen-bond acceptors (Lipinski definition) is 7. The van der Waals surface area contributed by atoms with Gasteiger partial charge in [0.1, 0.15) is 35.4 Å². The first-order valence-electron chi connectivity index (χ1n) is 12.3. The van der Waals surface area contributed by atoms with Gasteiger partial charge in [-0.05, 0) is 32.8 Å². The Morgan fingerprint density at radius 2 is 1.68 bits per heavy atom. The van der Waals surface area contributed by atoms with E-state index in [1.165, 1.54) is 4.90 Å². The van der Waals surface area contributed by atoms with E-state index in [0.29, 0.717) is 17.7 Å². The predicted molar refractivity (Wildman–Crippen MR) is 137 cm³/mol. The number of hydrogen-bond donors (Lipinski definition) is 2. The highest BCUT2D eigenvalue weighted by Crippen LogP contribution is 2.22. The number of benzene rings is 2. The summed E-state index contributed by atoms with van der Waals surface area (Å²) in [4.78, 5) is 39.4. The highest BCUT2D eigenvalue weighted by Gasteiger charge is 2.40. The van der Waals surface area contributed by atoms with Crippen LogP contribution in [0.25, 0.3) is 0 Å². The van der Waals surface area contributed by atoms with Gasteiger partial charge in [0.05, 0.1) is 5.92 Å². The van der Waals surface area contributed by atoms with Crippen molar-refractivity contribution in [3.05, 3.63) is 71.0 Å². The molecule has 2 aromatic carbocycles. The minimum atomic E-state index is -4.69. The van der Waals surface area contributed by atoms with Gasteiger partial charge in [0, 0.05) is 36.8 Å². The fraction of sp³-hybridized carbons (Fsp3) is 0.423. The highest BCUT2D eigenvalue weighted by molar-refractivity contribution is 7.89. The standard InChI is InChI=1S/C26H30F3N3O7S/c1-26(2,3)39-25(35)32-10-9-22(30-24(34)38-14-16-7-5-4-6-8-16)18(13-32)23(33)31-40(36,37)15-19-20(28)11-17(27)12-21(19)29/h4-8,11-12,18,22H,9-10,13-15H2,1-3H3,(H,30,34)(H,31,33). The molecule has 0 aromatic heterocycles. The minimum absolute atomic E-state index is 0.0407. The van der Waals surface area contributed by atoms with Crippen LogP contribution < -0.4 is 10.0 Å². The Morgan fingerprint density at radius 1 is 1.05 bits per heavy atom. The van der Waals surface area contributed by atoms with Crippen LogP contribution in [-0.4, -0.2) is 56.1 Å². The zero-order valence-corrected chi connectivity index (χ0v) is 22.9. The lowest BCUT2D eigenvalue weighted by Gasteiger charge is -2.38. The van der Waals surface area contributed by atoms with Crippen molar-refractivity contribution >= 4 is 28.1 Å². The van der Waals surface area contributed by atoms with E-state index in [9.17, 15) is 36.0 Å². The van der Waals surface area contributed by atoms with Crippen LogP contribution in [0.1, 0.15) is 38.3 Å². The molecule has 10 nitrogen and oxygen atoms in total. The van der Waals surface area contributed by atoms with Crippen molar-refractivity contribution in [1.29, 1.82) is 0 Å². The molecule has 0 saturated carbocycles. The molecule has 0 radical (unpaired) electrons. The molecule has 0 spiro atoms. The molecule has 14 heteroatoms. The van der Waals surface area contributed by atoms with Gasteiger partial charge >= 0.3 is 12.2 Å². The second-order valence-corrected chi connectivity index (χ2v) is 11.9. The number of nitrogens with one attached hydrogen (secondary N) is 2. The molecule has 2 atom stereocenters. The number of sulfonamides is 1. The Morgan fingerprint density at radius 3 is 2.27 bits per heavy atom. The van der Waals surface area contributed by atoms with Gasteiger partial charge in [0.25, 0.3) is 0 Å². The molecule has 1 heterocycles. The molecule has 3 rings (SSSR count). The van der Waals surface area contributed by atoms with E-state index in [4.69, 9.17) is 9.47 Å². The summed E-state index contributed by atoms with van der Waals surface area (Å²) in [6.45, 7) is 4.61. The molecule has 40 heavy (non-hydrogen) atoms. The molecule has 1 aliphatic rings. The first-order chi connectivity index (χ1) is 18.6. The van der Waals surface area contributed by atoms with Crippen molar-refractivity contribution in [3.8, 4) is 0 Å². The summed E-state index contributed by atoms with van der Waals surface area (Å²) < 4.78 is 78.9. The lowest BCUT2D eigenvalue weighted by molar-refractivity contribution is -0.125. The van der Waals surface area contributed by atoms with Crippen LogP contribution in [0.5, 0.6) is 0 Å². The molecule has 218 valence electrons. The maximum atomic E-state index is 14.0. The Labute approximate surface area is 229 Å². The Kier molecular flexibility index (Phi) is 9.66. The number of likely N-dealkylation sites (tertiary alicyclic amines) is 1. The van der Waals surface area contributed by atoms with Crippen molar-refractivity contribution < 1.29 is 45.4 Å². The van der Waals surface area contributed by atoms with Gasteiger partial charge in [0.2, 0.25) is 15.9 Å². The van der Waals surface area contributed by atoms with Crippen LogP contribution in [-0.2, 0) is 36.7 Å². The largest absolute Gasteiger partial charge is 0.445 e. The Hall–Kier alpha value is -3.81. The molecule has 3 amide bonds. The molecule has 0 aliphatic carbocycles. The monoisotopic (exact) mass is 585 g/mol. The van der Waals surface area contributed by atoms with Gasteiger partial charge in [-0.1, -0.05) is 30.3 Å². The number of ether oxygens (including phenoxy) is 2. The first-order valence-corrected chi connectivity index (χ1v) is 13.9. The average Bonchev–Trinajstić information content (AvgIpc) is 2.84. The van der Waals surface area contributed by atoms with Gasteiger partial charge in [-0.3, -0.25) is 9.52 Å². The number of carbonyl (C=O) groups excluding carboxylic acids is 3. The summed E-state index contributed by atoms with van der Waals surface area (Å²) in [6, 6.07) is 8.45. The number of halogens is 3. The smallest absolute Gasteiger partial charge is 0.410 e. The van der Waals surface area contributed by atoms with Crippen molar-refractivity contribution in [3.63, 3.8) is 0 Å². The van der Waals surface area contributed by atoms with E-state index in [-0.39, 0.29) is 26.1 Å². The molecule has 1 aliphatic heterocycles. The van der Waals surface area contributed by atoms with E-state index in [2.05, 4.69) is 5.32 Å². The summed E-state index contributed by atoms with van der Waals surface area (Å²) in [5.41, 5.74) is -1.10. The van der Waals surface area contributed by atoms with Crippen molar-refractivity contribution in [2.24, 2.45) is 5.92 Å². The SMILES string of the molecule is CC(C)(C)OC(=O)N1CCC(NC(=O)OCc2ccccc2)C(C(=O)NS(=O)(=O)Cc2c(F)cc(F)cc2F)C1. The van der Waals surface area contributed by atoms with Gasteiger partial charge in [0.15, 0.2) is 0 Å². The predicted octanol–water partition coefficient (Wildman–Crippen LogP) is 3.60. The molecule has 0 bridgehead atoms. The lowest BCUT2D eigenvalue weighted by Crippen LogP contribution is -2.58. The molecular formula is C26H30F3N3O7S. The zero-order chi connectivity index (χ0) is 29.7. The third kappa shape index (κ3) is 8.86. The molecule has 2 unspecified atom stereocenters. The number of rotatable bonds is 7. The third-order valence-corrected chi connectivity index (χ3v) is 6.99. The zero-order valence-electron chi connectivity index (χ0n) is 22.1. The van der Waals surface area contributed by atoms with Crippen LogP contribution in [0.15, 0.2) is 42.5 Å². The van der Waals surface area contributed by atoms with Gasteiger partial charge in [-0.25, -0.2) is 31.2 Å². The maximum Gasteiger partial charge on any atom is 0.410 e. The van der Waals surface area contributed by atoms with Crippen LogP contribution in [0.4, 0.5) is 22.8 Å².